The van der Waals surface area contributed by atoms with Crippen molar-refractivity contribution in [2.75, 3.05) is 0 Å². The van der Waals surface area contributed by atoms with Crippen LogP contribution < -0.4 is 0 Å². The molecule has 0 saturated heterocycles. The van der Waals surface area contributed by atoms with Crippen molar-refractivity contribution in [2.45, 2.75) is 0 Å². The maximum absolute atomic E-state index is 12.0. The summed E-state index contributed by atoms with van der Waals surface area (Å²) < 4.78 is 0. The van der Waals surface area contributed by atoms with Crippen LogP contribution in [0.1, 0.15) is 16.2 Å². The van der Waals surface area contributed by atoms with Crippen LogP contribution in [-0.4, -0.2) is 15.8 Å². The Morgan fingerprint density at radius 3 is 2.50 bits per heavy atom. The maximum Gasteiger partial charge on any atom is 0.231 e. The number of nitrogens with zero attached hydrogens (tertiary/aromatic N) is 2. The highest BCUT2D eigenvalue weighted by atomic mass is 35.5. The Labute approximate surface area is 102 Å². The number of carbonyl (C=O) groups excluding carboxylic acids is 1. The molecule has 2 aromatic rings. The number of benzene rings is 1. The molecule has 0 unspecified atom stereocenters. The quantitative estimate of drug-likeness (QED) is 0.772. The van der Waals surface area contributed by atoms with Gasteiger partial charge in [-0.15, -0.1) is 0 Å². The first-order chi connectivity index (χ1) is 7.68. The van der Waals surface area contributed by atoms with Crippen molar-refractivity contribution in [3.63, 3.8) is 0 Å². The van der Waals surface area contributed by atoms with Crippen molar-refractivity contribution in [2.24, 2.45) is 0 Å². The van der Waals surface area contributed by atoms with E-state index in [2.05, 4.69) is 9.97 Å². The lowest BCUT2D eigenvalue weighted by molar-refractivity contribution is 0.102. The summed E-state index contributed by atoms with van der Waals surface area (Å²) in [7, 11) is 0. The molecule has 3 nitrogen and oxygen atoms in total. The van der Waals surface area contributed by atoms with Gasteiger partial charge in [0.25, 0.3) is 0 Å². The molecule has 0 amide bonds. The van der Waals surface area contributed by atoms with Gasteiger partial charge in [0.05, 0.1) is 5.02 Å². The minimum atomic E-state index is -0.340. The molecular weight excluding hydrogens is 247 g/mol. The zero-order valence-corrected chi connectivity index (χ0v) is 9.53. The molecule has 1 aromatic carbocycles. The van der Waals surface area contributed by atoms with Crippen molar-refractivity contribution >= 4 is 29.0 Å². The van der Waals surface area contributed by atoms with E-state index in [0.29, 0.717) is 15.6 Å². The van der Waals surface area contributed by atoms with E-state index in [1.165, 1.54) is 18.5 Å². The van der Waals surface area contributed by atoms with E-state index in [-0.39, 0.29) is 11.6 Å². The van der Waals surface area contributed by atoms with Crippen LogP contribution in [0.4, 0.5) is 0 Å². The second-order valence-corrected chi connectivity index (χ2v) is 3.87. The van der Waals surface area contributed by atoms with E-state index in [1.807, 2.05) is 0 Å². The fourth-order valence-corrected chi connectivity index (χ4v) is 1.58. The van der Waals surface area contributed by atoms with Crippen LogP contribution in [0.2, 0.25) is 10.0 Å². The summed E-state index contributed by atoms with van der Waals surface area (Å²) in [6.07, 6.45) is 3.00. The van der Waals surface area contributed by atoms with Crippen LogP contribution in [0, 0.1) is 0 Å². The predicted octanol–water partition coefficient (Wildman–Crippen LogP) is 3.01. The third-order valence-corrected chi connectivity index (χ3v) is 2.51. The van der Waals surface area contributed by atoms with E-state index in [0.717, 1.165) is 0 Å². The smallest absolute Gasteiger partial charge is 0.231 e. The van der Waals surface area contributed by atoms with Gasteiger partial charge in [0.1, 0.15) is 0 Å². The van der Waals surface area contributed by atoms with Crippen LogP contribution in [0.15, 0.2) is 36.7 Å². The molecule has 16 heavy (non-hydrogen) atoms. The highest BCUT2D eigenvalue weighted by molar-refractivity contribution is 6.36. The molecule has 0 atom stereocenters. The summed E-state index contributed by atoms with van der Waals surface area (Å²) in [6, 6.07) is 6.32. The average molecular weight is 253 g/mol. The van der Waals surface area contributed by atoms with E-state index in [4.69, 9.17) is 23.2 Å². The fraction of sp³-hybridized carbons (Fsp3) is 0. The van der Waals surface area contributed by atoms with Crippen molar-refractivity contribution in [1.29, 1.82) is 0 Å². The number of halogens is 2. The Morgan fingerprint density at radius 1 is 1.12 bits per heavy atom. The summed E-state index contributed by atoms with van der Waals surface area (Å²) in [6.45, 7) is 0. The molecule has 80 valence electrons. The van der Waals surface area contributed by atoms with Crippen LogP contribution in [0.25, 0.3) is 0 Å². The van der Waals surface area contributed by atoms with Gasteiger partial charge in [0.15, 0.2) is 0 Å². The minimum Gasteiger partial charge on any atom is -0.285 e. The van der Waals surface area contributed by atoms with Crippen LogP contribution >= 0.6 is 23.2 Å². The molecule has 0 bridgehead atoms. The first kappa shape index (κ1) is 11.0. The second kappa shape index (κ2) is 4.60. The molecule has 1 heterocycles. The summed E-state index contributed by atoms with van der Waals surface area (Å²) in [5, 5.41) is 0.783. The highest BCUT2D eigenvalue weighted by Gasteiger charge is 2.15. The van der Waals surface area contributed by atoms with Gasteiger partial charge < -0.3 is 0 Å². The van der Waals surface area contributed by atoms with E-state index in [1.54, 1.807) is 18.2 Å². The second-order valence-electron chi connectivity index (χ2n) is 3.03. The van der Waals surface area contributed by atoms with E-state index >= 15 is 0 Å². The number of rotatable bonds is 2. The number of carbonyl (C=O) groups is 1. The lowest BCUT2D eigenvalue weighted by Gasteiger charge is -2.02. The molecule has 0 aliphatic carbocycles. The monoisotopic (exact) mass is 252 g/mol. The van der Waals surface area contributed by atoms with Gasteiger partial charge >= 0.3 is 0 Å². The van der Waals surface area contributed by atoms with E-state index in [9.17, 15) is 4.79 Å². The standard InChI is InChI=1S/C11H6Cl2N2O/c12-7-2-3-9(13)8(6-7)10(16)11-14-4-1-5-15-11/h1-6H. The van der Waals surface area contributed by atoms with Crippen molar-refractivity contribution in [1.82, 2.24) is 9.97 Å². The predicted molar refractivity (Wildman–Crippen MR) is 61.9 cm³/mol. The number of hydrogen-bond donors (Lipinski definition) is 0. The lowest BCUT2D eigenvalue weighted by atomic mass is 10.1. The van der Waals surface area contributed by atoms with Gasteiger partial charge in [-0.05, 0) is 24.3 Å². The Kier molecular flexibility index (Phi) is 3.17. The number of ketones is 1. The largest absolute Gasteiger partial charge is 0.285 e. The Morgan fingerprint density at radius 2 is 1.81 bits per heavy atom. The third-order valence-electron chi connectivity index (χ3n) is 1.94. The summed E-state index contributed by atoms with van der Waals surface area (Å²) in [5.41, 5.74) is 0.306. The Bertz CT molecular complexity index is 529. The molecule has 1 aromatic heterocycles. The normalized spacial score (nSPS) is 10.1. The molecule has 0 saturated carbocycles. The molecule has 0 spiro atoms. The molecule has 0 radical (unpaired) electrons. The van der Waals surface area contributed by atoms with Gasteiger partial charge in [0.2, 0.25) is 11.6 Å². The van der Waals surface area contributed by atoms with Gasteiger partial charge in [0, 0.05) is 23.0 Å². The number of aromatic nitrogens is 2. The topological polar surface area (TPSA) is 42.9 Å². The molecule has 0 N–H and O–H groups in total. The maximum atomic E-state index is 12.0. The molecule has 2 rings (SSSR count). The molecular formula is C11H6Cl2N2O. The third kappa shape index (κ3) is 2.21. The first-order valence-electron chi connectivity index (χ1n) is 4.45. The average Bonchev–Trinajstić information content (AvgIpc) is 2.32. The lowest BCUT2D eigenvalue weighted by Crippen LogP contribution is -2.06. The Balaban J connectivity index is 2.46. The molecule has 0 aliphatic heterocycles. The van der Waals surface area contributed by atoms with Gasteiger partial charge in [-0.25, -0.2) is 9.97 Å². The van der Waals surface area contributed by atoms with Gasteiger partial charge in [-0.3, -0.25) is 4.79 Å². The van der Waals surface area contributed by atoms with Crippen molar-refractivity contribution < 1.29 is 4.79 Å². The molecule has 0 fully saturated rings. The van der Waals surface area contributed by atoms with Crippen LogP contribution in [0.5, 0.6) is 0 Å². The zero-order chi connectivity index (χ0) is 11.5. The molecule has 5 heteroatoms. The van der Waals surface area contributed by atoms with Gasteiger partial charge in [-0.1, -0.05) is 23.2 Å². The SMILES string of the molecule is O=C(c1ncccn1)c1cc(Cl)ccc1Cl. The summed E-state index contributed by atoms with van der Waals surface area (Å²) in [4.78, 5) is 19.7. The van der Waals surface area contributed by atoms with Crippen molar-refractivity contribution in [3.05, 3.63) is 58.1 Å². The number of hydrogen-bond acceptors (Lipinski definition) is 3. The van der Waals surface area contributed by atoms with Gasteiger partial charge in [-0.2, -0.15) is 0 Å². The first-order valence-corrected chi connectivity index (χ1v) is 5.21. The van der Waals surface area contributed by atoms with E-state index < -0.39 is 0 Å². The summed E-state index contributed by atoms with van der Waals surface area (Å²) >= 11 is 11.7. The minimum absolute atomic E-state index is 0.103. The fourth-order valence-electron chi connectivity index (χ4n) is 1.21. The Hall–Kier alpha value is -1.45. The molecule has 0 aliphatic rings. The highest BCUT2D eigenvalue weighted by Crippen LogP contribution is 2.22. The van der Waals surface area contributed by atoms with Crippen molar-refractivity contribution in [3.8, 4) is 0 Å². The van der Waals surface area contributed by atoms with Crippen LogP contribution in [-0.2, 0) is 0 Å². The summed E-state index contributed by atoms with van der Waals surface area (Å²) in [5.74, 6) is -0.236. The zero-order valence-electron chi connectivity index (χ0n) is 8.02. The van der Waals surface area contributed by atoms with Crippen LogP contribution in [0.3, 0.4) is 0 Å².